The molecule has 0 aromatic heterocycles. The zero-order chi connectivity index (χ0) is 24.7. The van der Waals surface area contributed by atoms with E-state index in [-0.39, 0.29) is 32.1 Å². The van der Waals surface area contributed by atoms with E-state index in [4.69, 9.17) is 9.84 Å². The Kier molecular flexibility index (Phi) is 8.43. The van der Waals surface area contributed by atoms with Crippen LogP contribution in [0.1, 0.15) is 37.3 Å². The summed E-state index contributed by atoms with van der Waals surface area (Å²) in [6.45, 7) is 2.70. The van der Waals surface area contributed by atoms with Gasteiger partial charge < -0.3 is 25.2 Å². The molecule has 1 atom stereocenters. The van der Waals surface area contributed by atoms with Gasteiger partial charge in [0.05, 0.1) is 6.61 Å². The Morgan fingerprint density at radius 2 is 1.65 bits per heavy atom. The van der Waals surface area contributed by atoms with Gasteiger partial charge in [-0.05, 0) is 42.5 Å². The van der Waals surface area contributed by atoms with Crippen molar-refractivity contribution in [2.75, 3.05) is 26.3 Å². The average Bonchev–Trinajstić information content (AvgIpc) is 3.13. The molecular formula is C26H30N2O6. The smallest absolute Gasteiger partial charge is 0.407 e. The van der Waals surface area contributed by atoms with Gasteiger partial charge in [0.15, 0.2) is 0 Å². The van der Waals surface area contributed by atoms with E-state index in [2.05, 4.69) is 5.32 Å². The van der Waals surface area contributed by atoms with Crippen molar-refractivity contribution in [1.29, 1.82) is 0 Å². The van der Waals surface area contributed by atoms with Crippen molar-refractivity contribution in [3.63, 3.8) is 0 Å². The molecule has 3 rings (SSSR count). The summed E-state index contributed by atoms with van der Waals surface area (Å²) in [6, 6.07) is 14.9. The fourth-order valence-corrected chi connectivity index (χ4v) is 4.13. The monoisotopic (exact) mass is 466 g/mol. The number of ether oxygens (including phenoxy) is 1. The number of fused-ring (bicyclic) bond motifs is 3. The zero-order valence-electron chi connectivity index (χ0n) is 19.4. The number of amides is 2. The zero-order valence-corrected chi connectivity index (χ0v) is 19.4. The quantitative estimate of drug-likeness (QED) is 0.463. The first-order chi connectivity index (χ1) is 16.3. The highest BCUT2D eigenvalue weighted by molar-refractivity contribution is 5.88. The minimum absolute atomic E-state index is 0.0961. The van der Waals surface area contributed by atoms with E-state index in [0.29, 0.717) is 0 Å². The van der Waals surface area contributed by atoms with Crippen LogP contribution in [-0.2, 0) is 14.3 Å². The summed E-state index contributed by atoms with van der Waals surface area (Å²) in [5.74, 6) is -1.92. The SMILES string of the molecule is CC(C)=CCC(NC(=O)OCC1c2ccccc2-c2ccccc21)C(=O)N(CCO)CC(=O)O. The molecule has 2 aromatic rings. The molecule has 1 unspecified atom stereocenters. The first-order valence-electron chi connectivity index (χ1n) is 11.2. The number of nitrogens with one attached hydrogen (secondary N) is 1. The van der Waals surface area contributed by atoms with Gasteiger partial charge in [-0.15, -0.1) is 0 Å². The maximum absolute atomic E-state index is 13.0. The predicted octanol–water partition coefficient (Wildman–Crippen LogP) is 3.16. The molecule has 0 bridgehead atoms. The number of allylic oxidation sites excluding steroid dienone is 1. The second-order valence-corrected chi connectivity index (χ2v) is 8.42. The molecule has 0 spiro atoms. The van der Waals surface area contributed by atoms with Crippen molar-refractivity contribution in [2.24, 2.45) is 0 Å². The largest absolute Gasteiger partial charge is 0.480 e. The molecule has 0 radical (unpaired) electrons. The van der Waals surface area contributed by atoms with E-state index >= 15 is 0 Å². The maximum Gasteiger partial charge on any atom is 0.407 e. The minimum Gasteiger partial charge on any atom is -0.480 e. The molecular weight excluding hydrogens is 436 g/mol. The van der Waals surface area contributed by atoms with Gasteiger partial charge in [-0.3, -0.25) is 9.59 Å². The minimum atomic E-state index is -1.20. The van der Waals surface area contributed by atoms with Gasteiger partial charge in [0.1, 0.15) is 19.2 Å². The summed E-state index contributed by atoms with van der Waals surface area (Å²) in [4.78, 5) is 37.8. The van der Waals surface area contributed by atoms with Crippen LogP contribution in [0, 0.1) is 0 Å². The fraction of sp³-hybridized carbons (Fsp3) is 0.346. The lowest BCUT2D eigenvalue weighted by Crippen LogP contribution is -2.50. The molecule has 2 aromatic carbocycles. The van der Waals surface area contributed by atoms with Gasteiger partial charge in [0.25, 0.3) is 0 Å². The highest BCUT2D eigenvalue weighted by Crippen LogP contribution is 2.44. The van der Waals surface area contributed by atoms with Crippen LogP contribution < -0.4 is 5.32 Å². The molecule has 8 nitrogen and oxygen atoms in total. The molecule has 0 saturated heterocycles. The van der Waals surface area contributed by atoms with Crippen LogP contribution in [0.5, 0.6) is 0 Å². The van der Waals surface area contributed by atoms with Crippen LogP contribution in [-0.4, -0.2) is 65.4 Å². The highest BCUT2D eigenvalue weighted by Gasteiger charge is 2.30. The number of nitrogens with zero attached hydrogens (tertiary/aromatic N) is 1. The molecule has 0 fully saturated rings. The van der Waals surface area contributed by atoms with Gasteiger partial charge in [-0.1, -0.05) is 60.2 Å². The molecule has 34 heavy (non-hydrogen) atoms. The van der Waals surface area contributed by atoms with Crippen LogP contribution in [0.25, 0.3) is 11.1 Å². The maximum atomic E-state index is 13.0. The van der Waals surface area contributed by atoms with Gasteiger partial charge in [0, 0.05) is 12.5 Å². The molecule has 1 aliphatic rings. The molecule has 0 aliphatic heterocycles. The number of carboxylic acids is 1. The molecule has 0 saturated carbocycles. The molecule has 2 amide bonds. The summed E-state index contributed by atoms with van der Waals surface area (Å²) >= 11 is 0. The van der Waals surface area contributed by atoms with Gasteiger partial charge in [-0.2, -0.15) is 0 Å². The molecule has 0 heterocycles. The summed E-state index contributed by atoms with van der Waals surface area (Å²) < 4.78 is 5.54. The number of carbonyl (C=O) groups excluding carboxylic acids is 2. The van der Waals surface area contributed by atoms with Gasteiger partial charge in [-0.25, -0.2) is 4.79 Å². The second-order valence-electron chi connectivity index (χ2n) is 8.42. The lowest BCUT2D eigenvalue weighted by atomic mass is 9.98. The normalized spacial score (nSPS) is 12.8. The van der Waals surface area contributed by atoms with Crippen LogP contribution in [0.2, 0.25) is 0 Å². The van der Waals surface area contributed by atoms with Crippen LogP contribution in [0.3, 0.4) is 0 Å². The standard InChI is InChI=1S/C26H30N2O6/c1-17(2)11-12-23(25(32)28(13-14-29)15-24(30)31)27-26(33)34-16-22-20-9-5-3-7-18(20)19-8-4-6-10-21(19)22/h3-11,22-23,29H,12-16H2,1-2H3,(H,27,33)(H,30,31). The van der Waals surface area contributed by atoms with Gasteiger partial charge in [0.2, 0.25) is 5.91 Å². The van der Waals surface area contributed by atoms with Crippen LogP contribution in [0.15, 0.2) is 60.2 Å². The summed E-state index contributed by atoms with van der Waals surface area (Å²) in [5, 5.41) is 20.9. The third kappa shape index (κ3) is 6.02. The predicted molar refractivity (Wildman–Crippen MR) is 127 cm³/mol. The van der Waals surface area contributed by atoms with Crippen molar-refractivity contribution in [3.05, 3.63) is 71.3 Å². The molecule has 180 valence electrons. The number of aliphatic hydroxyl groups is 1. The lowest BCUT2D eigenvalue weighted by Gasteiger charge is -2.25. The third-order valence-corrected chi connectivity index (χ3v) is 5.70. The number of hydrogen-bond donors (Lipinski definition) is 3. The Hall–Kier alpha value is -3.65. The van der Waals surface area contributed by atoms with E-state index in [1.807, 2.05) is 62.4 Å². The van der Waals surface area contributed by atoms with Crippen LogP contribution >= 0.6 is 0 Å². The topological polar surface area (TPSA) is 116 Å². The van der Waals surface area contributed by atoms with Crippen molar-refractivity contribution in [3.8, 4) is 11.1 Å². The Morgan fingerprint density at radius 1 is 1.06 bits per heavy atom. The Morgan fingerprint density at radius 3 is 2.18 bits per heavy atom. The van der Waals surface area contributed by atoms with Crippen molar-refractivity contribution >= 4 is 18.0 Å². The number of hydrogen-bond acceptors (Lipinski definition) is 5. The first-order valence-corrected chi connectivity index (χ1v) is 11.2. The number of aliphatic carboxylic acids is 1. The first kappa shape index (κ1) is 25.0. The molecule has 1 aliphatic carbocycles. The summed E-state index contributed by atoms with van der Waals surface area (Å²) in [6.07, 6.45) is 1.19. The second kappa shape index (κ2) is 11.5. The van der Waals surface area contributed by atoms with Crippen molar-refractivity contribution < 1.29 is 29.3 Å². The molecule has 3 N–H and O–H groups in total. The Bertz CT molecular complexity index is 1030. The van der Waals surface area contributed by atoms with E-state index in [0.717, 1.165) is 32.7 Å². The van der Waals surface area contributed by atoms with E-state index < -0.39 is 30.6 Å². The number of carboxylic acid groups (broad SMARTS) is 1. The fourth-order valence-electron chi connectivity index (χ4n) is 4.13. The van der Waals surface area contributed by atoms with E-state index in [9.17, 15) is 19.5 Å². The average molecular weight is 467 g/mol. The highest BCUT2D eigenvalue weighted by atomic mass is 16.5. The number of rotatable bonds is 10. The summed E-state index contributed by atoms with van der Waals surface area (Å²) in [5.41, 5.74) is 5.31. The Labute approximate surface area is 198 Å². The summed E-state index contributed by atoms with van der Waals surface area (Å²) in [7, 11) is 0. The van der Waals surface area contributed by atoms with Crippen LogP contribution in [0.4, 0.5) is 4.79 Å². The number of alkyl carbamates (subject to hydrolysis) is 1. The van der Waals surface area contributed by atoms with E-state index in [1.54, 1.807) is 6.08 Å². The van der Waals surface area contributed by atoms with E-state index in [1.165, 1.54) is 0 Å². The van der Waals surface area contributed by atoms with Gasteiger partial charge >= 0.3 is 12.1 Å². The lowest BCUT2D eigenvalue weighted by molar-refractivity contribution is -0.145. The third-order valence-electron chi connectivity index (χ3n) is 5.70. The molecule has 8 heteroatoms. The number of carbonyl (C=O) groups is 3. The Balaban J connectivity index is 1.72. The van der Waals surface area contributed by atoms with Crippen molar-refractivity contribution in [1.82, 2.24) is 10.2 Å². The number of aliphatic hydroxyl groups excluding tert-OH is 1. The number of benzene rings is 2. The van der Waals surface area contributed by atoms with Crippen molar-refractivity contribution in [2.45, 2.75) is 32.2 Å².